The molecule has 1 aromatic carbocycles. The monoisotopic (exact) mass is 475 g/mol. The van der Waals surface area contributed by atoms with Gasteiger partial charge in [-0.2, -0.15) is 0 Å². The Labute approximate surface area is 205 Å². The molecule has 2 aliphatic rings. The molecule has 3 heterocycles. The fourth-order valence-electron chi connectivity index (χ4n) is 5.50. The first-order valence-corrected chi connectivity index (χ1v) is 12.4. The van der Waals surface area contributed by atoms with E-state index in [9.17, 15) is 9.59 Å². The van der Waals surface area contributed by atoms with Crippen LogP contribution in [0.1, 0.15) is 48.3 Å². The summed E-state index contributed by atoms with van der Waals surface area (Å²) in [5.74, 6) is 1.28. The highest BCUT2D eigenvalue weighted by molar-refractivity contribution is 5.83. The molecule has 1 spiro atoms. The second-order valence-electron chi connectivity index (χ2n) is 10.1. The number of likely N-dealkylation sites (tertiary alicyclic amines) is 1. The number of piperidine rings is 1. The molecule has 1 saturated carbocycles. The third-order valence-electron chi connectivity index (χ3n) is 7.90. The molecule has 1 aliphatic heterocycles. The van der Waals surface area contributed by atoms with Gasteiger partial charge < -0.3 is 18.9 Å². The van der Waals surface area contributed by atoms with Gasteiger partial charge in [0.15, 0.2) is 0 Å². The number of imidazole rings is 1. The zero-order valence-electron chi connectivity index (χ0n) is 20.7. The molecule has 1 aliphatic carbocycles. The highest BCUT2D eigenvalue weighted by atomic mass is 16.5. The summed E-state index contributed by atoms with van der Waals surface area (Å²) in [5.41, 5.74) is 4.15. The third-order valence-corrected chi connectivity index (χ3v) is 7.90. The number of aromatic nitrogens is 3. The molecule has 0 radical (unpaired) electrons. The van der Waals surface area contributed by atoms with E-state index in [4.69, 9.17) is 4.52 Å². The van der Waals surface area contributed by atoms with Crippen molar-refractivity contribution >= 4 is 11.8 Å². The smallest absolute Gasteiger partial charge is 0.226 e. The predicted octanol–water partition coefficient (Wildman–Crippen LogP) is 3.70. The van der Waals surface area contributed by atoms with Gasteiger partial charge in [-0.05, 0) is 62.6 Å². The van der Waals surface area contributed by atoms with Crippen molar-refractivity contribution in [3.8, 4) is 5.69 Å². The second kappa shape index (κ2) is 9.32. The summed E-state index contributed by atoms with van der Waals surface area (Å²) in [6, 6.07) is 8.22. The molecular weight excluding hydrogens is 442 g/mol. The van der Waals surface area contributed by atoms with E-state index in [0.717, 1.165) is 60.6 Å². The van der Waals surface area contributed by atoms with Crippen LogP contribution in [0, 0.1) is 25.2 Å². The van der Waals surface area contributed by atoms with Gasteiger partial charge >= 0.3 is 0 Å². The van der Waals surface area contributed by atoms with E-state index in [-0.39, 0.29) is 23.1 Å². The number of amides is 2. The first-order chi connectivity index (χ1) is 16.9. The maximum Gasteiger partial charge on any atom is 0.226 e. The molecule has 2 fully saturated rings. The fourth-order valence-corrected chi connectivity index (χ4v) is 5.50. The Morgan fingerprint density at radius 1 is 1.17 bits per heavy atom. The van der Waals surface area contributed by atoms with Crippen LogP contribution in [-0.2, 0) is 22.6 Å². The molecule has 1 atom stereocenters. The van der Waals surface area contributed by atoms with E-state index in [1.54, 1.807) is 12.5 Å². The third kappa shape index (κ3) is 4.74. The number of hydrogen-bond donors (Lipinski definition) is 0. The zero-order valence-corrected chi connectivity index (χ0v) is 20.7. The first-order valence-electron chi connectivity index (χ1n) is 12.4. The van der Waals surface area contributed by atoms with Gasteiger partial charge in [0.05, 0.1) is 12.0 Å². The van der Waals surface area contributed by atoms with Crippen LogP contribution in [0.5, 0.6) is 0 Å². The quantitative estimate of drug-likeness (QED) is 0.520. The van der Waals surface area contributed by atoms with Gasteiger partial charge in [0.1, 0.15) is 5.76 Å². The minimum Gasteiger partial charge on any atom is -0.361 e. The van der Waals surface area contributed by atoms with Crippen LogP contribution in [0.3, 0.4) is 0 Å². The predicted molar refractivity (Wildman–Crippen MR) is 131 cm³/mol. The minimum absolute atomic E-state index is 0.0784. The van der Waals surface area contributed by atoms with Crippen molar-refractivity contribution in [2.75, 3.05) is 20.1 Å². The van der Waals surface area contributed by atoms with E-state index in [1.165, 1.54) is 0 Å². The molecule has 3 aromatic rings. The Kier molecular flexibility index (Phi) is 6.21. The Morgan fingerprint density at radius 2 is 1.91 bits per heavy atom. The van der Waals surface area contributed by atoms with Gasteiger partial charge in [0, 0.05) is 62.7 Å². The summed E-state index contributed by atoms with van der Waals surface area (Å²) < 4.78 is 7.16. The van der Waals surface area contributed by atoms with Crippen molar-refractivity contribution < 1.29 is 14.1 Å². The largest absolute Gasteiger partial charge is 0.361 e. The Hall–Kier alpha value is -3.42. The number of carbonyl (C=O) groups is 2. The standard InChI is InChI=1S/C27H33N5O3/c1-19-23(20(2)35-29-19)8-9-25(33)31-13-10-27(11-14-31)16-24(27)26(34)30(3)17-21-4-6-22(7-5-21)32-15-12-28-18-32/h4-7,12,15,18,24H,8-11,13-14,16-17H2,1-3H3. The van der Waals surface area contributed by atoms with E-state index in [1.807, 2.05) is 53.6 Å². The molecule has 184 valence electrons. The lowest BCUT2D eigenvalue weighted by molar-refractivity contribution is -0.134. The summed E-state index contributed by atoms with van der Waals surface area (Å²) in [5, 5.41) is 3.97. The van der Waals surface area contributed by atoms with E-state index >= 15 is 0 Å². The summed E-state index contributed by atoms with van der Waals surface area (Å²) in [7, 11) is 1.89. The van der Waals surface area contributed by atoms with Crippen LogP contribution < -0.4 is 0 Å². The first kappa shape index (κ1) is 23.3. The maximum atomic E-state index is 13.2. The maximum absolute atomic E-state index is 13.2. The lowest BCUT2D eigenvalue weighted by Crippen LogP contribution is -2.40. The molecule has 0 N–H and O–H groups in total. The summed E-state index contributed by atoms with van der Waals surface area (Å²) >= 11 is 0. The average Bonchev–Trinajstić information content (AvgIpc) is 3.17. The van der Waals surface area contributed by atoms with Gasteiger partial charge in [-0.3, -0.25) is 9.59 Å². The number of nitrogens with zero attached hydrogens (tertiary/aromatic N) is 5. The number of carbonyl (C=O) groups excluding carboxylic acids is 2. The number of rotatable bonds is 7. The average molecular weight is 476 g/mol. The van der Waals surface area contributed by atoms with Crippen molar-refractivity contribution in [2.24, 2.45) is 11.3 Å². The number of hydrogen-bond acceptors (Lipinski definition) is 5. The Morgan fingerprint density at radius 3 is 2.54 bits per heavy atom. The van der Waals surface area contributed by atoms with Crippen molar-refractivity contribution in [2.45, 2.75) is 52.5 Å². The normalized spacial score (nSPS) is 18.6. The summed E-state index contributed by atoms with van der Waals surface area (Å²) in [6.07, 6.45) is 9.34. The minimum atomic E-state index is 0.0784. The van der Waals surface area contributed by atoms with Gasteiger partial charge in [0.2, 0.25) is 11.8 Å². The molecule has 2 aromatic heterocycles. The van der Waals surface area contributed by atoms with Crippen molar-refractivity contribution in [1.29, 1.82) is 0 Å². The molecule has 5 rings (SSSR count). The van der Waals surface area contributed by atoms with Crippen molar-refractivity contribution in [3.63, 3.8) is 0 Å². The van der Waals surface area contributed by atoms with Crippen LogP contribution in [0.2, 0.25) is 0 Å². The zero-order chi connectivity index (χ0) is 24.6. The van der Waals surface area contributed by atoms with Crippen LogP contribution in [-0.4, -0.2) is 56.5 Å². The molecule has 2 amide bonds. The van der Waals surface area contributed by atoms with Crippen LogP contribution in [0.4, 0.5) is 0 Å². The molecule has 8 heteroatoms. The summed E-state index contributed by atoms with van der Waals surface area (Å²) in [6.45, 7) is 5.89. The summed E-state index contributed by atoms with van der Waals surface area (Å²) in [4.78, 5) is 33.8. The highest BCUT2D eigenvalue weighted by Gasteiger charge is 2.59. The van der Waals surface area contributed by atoms with Gasteiger partial charge in [-0.25, -0.2) is 4.98 Å². The molecule has 1 unspecified atom stereocenters. The van der Waals surface area contributed by atoms with Crippen LogP contribution >= 0.6 is 0 Å². The van der Waals surface area contributed by atoms with Crippen LogP contribution in [0.25, 0.3) is 5.69 Å². The fraction of sp³-hybridized carbons (Fsp3) is 0.481. The number of benzene rings is 1. The Bertz CT molecular complexity index is 1170. The van der Waals surface area contributed by atoms with Crippen LogP contribution in [0.15, 0.2) is 47.5 Å². The van der Waals surface area contributed by atoms with E-state index in [0.29, 0.717) is 19.4 Å². The van der Waals surface area contributed by atoms with Crippen molar-refractivity contribution in [3.05, 3.63) is 65.6 Å². The van der Waals surface area contributed by atoms with Gasteiger partial charge in [0.25, 0.3) is 0 Å². The van der Waals surface area contributed by atoms with E-state index < -0.39 is 0 Å². The molecular formula is C27H33N5O3. The lowest BCUT2D eigenvalue weighted by Gasteiger charge is -2.33. The molecule has 0 bridgehead atoms. The van der Waals surface area contributed by atoms with Gasteiger partial charge in [-0.15, -0.1) is 0 Å². The Balaban J connectivity index is 1.10. The van der Waals surface area contributed by atoms with Gasteiger partial charge in [-0.1, -0.05) is 17.3 Å². The topological polar surface area (TPSA) is 84.5 Å². The molecule has 8 nitrogen and oxygen atoms in total. The number of aryl methyl sites for hydroxylation is 2. The van der Waals surface area contributed by atoms with E-state index in [2.05, 4.69) is 22.3 Å². The lowest BCUT2D eigenvalue weighted by atomic mass is 9.90. The molecule has 1 saturated heterocycles. The van der Waals surface area contributed by atoms with Crippen molar-refractivity contribution in [1.82, 2.24) is 24.5 Å². The molecule has 35 heavy (non-hydrogen) atoms. The SMILES string of the molecule is Cc1noc(C)c1CCC(=O)N1CCC2(CC1)CC2C(=O)N(C)Cc1ccc(-n2ccnc2)cc1. The second-order valence-corrected chi connectivity index (χ2v) is 10.1. The highest BCUT2D eigenvalue weighted by Crippen LogP contribution is 2.60.